The van der Waals surface area contributed by atoms with E-state index in [-0.39, 0.29) is 18.2 Å². The van der Waals surface area contributed by atoms with Gasteiger partial charge in [-0.1, -0.05) is 26.8 Å². The first kappa shape index (κ1) is 18.8. The van der Waals surface area contributed by atoms with Crippen molar-refractivity contribution in [2.45, 2.75) is 27.2 Å². The Bertz CT molecular complexity index is 550. The molecule has 0 aliphatic heterocycles. The number of hydrogen-bond donors (Lipinski definition) is 2. The standard InChI is InChI=1S/C17H26N2O4/c1-17(2,3)16(21)19-9-8-18-15(20)11-12-6-7-13(22-4)14(10-12)23-5/h6-7,10H,8-9,11H2,1-5H3,(H,18,20)(H,19,21). The van der Waals surface area contributed by atoms with E-state index >= 15 is 0 Å². The first-order valence-corrected chi connectivity index (χ1v) is 7.54. The van der Waals surface area contributed by atoms with Crippen molar-refractivity contribution in [3.05, 3.63) is 23.8 Å². The van der Waals surface area contributed by atoms with Crippen molar-refractivity contribution in [3.8, 4) is 11.5 Å². The number of carbonyl (C=O) groups is 2. The van der Waals surface area contributed by atoms with Gasteiger partial charge in [0, 0.05) is 18.5 Å². The predicted molar refractivity (Wildman–Crippen MR) is 88.7 cm³/mol. The van der Waals surface area contributed by atoms with Crippen LogP contribution in [0.25, 0.3) is 0 Å². The molecule has 0 atom stereocenters. The summed E-state index contributed by atoms with van der Waals surface area (Å²) < 4.78 is 10.4. The molecule has 0 spiro atoms. The molecule has 2 N–H and O–H groups in total. The van der Waals surface area contributed by atoms with Crippen molar-refractivity contribution in [3.63, 3.8) is 0 Å². The first-order chi connectivity index (χ1) is 10.8. The fourth-order valence-electron chi connectivity index (χ4n) is 1.88. The Morgan fingerprint density at radius 3 is 2.17 bits per heavy atom. The summed E-state index contributed by atoms with van der Waals surface area (Å²) in [7, 11) is 3.12. The van der Waals surface area contributed by atoms with E-state index in [0.717, 1.165) is 5.56 Å². The van der Waals surface area contributed by atoms with Crippen LogP contribution in [0.15, 0.2) is 18.2 Å². The second kappa shape index (κ2) is 8.41. The Kier molecular flexibility index (Phi) is 6.88. The molecule has 128 valence electrons. The van der Waals surface area contributed by atoms with Crippen molar-refractivity contribution in [1.29, 1.82) is 0 Å². The molecule has 0 radical (unpaired) electrons. The SMILES string of the molecule is COc1ccc(CC(=O)NCCNC(=O)C(C)(C)C)cc1OC. The Morgan fingerprint density at radius 1 is 1.00 bits per heavy atom. The molecule has 0 aromatic heterocycles. The Balaban J connectivity index is 2.41. The van der Waals surface area contributed by atoms with Gasteiger partial charge in [0.15, 0.2) is 11.5 Å². The number of hydrogen-bond acceptors (Lipinski definition) is 4. The number of carbonyl (C=O) groups excluding carboxylic acids is 2. The predicted octanol–water partition coefficient (Wildman–Crippen LogP) is 1.52. The summed E-state index contributed by atoms with van der Waals surface area (Å²) >= 11 is 0. The Labute approximate surface area is 137 Å². The number of ether oxygens (including phenoxy) is 2. The minimum absolute atomic E-state index is 0.0355. The van der Waals surface area contributed by atoms with Crippen LogP contribution < -0.4 is 20.1 Å². The molecule has 1 aromatic rings. The van der Waals surface area contributed by atoms with Crippen LogP contribution in [-0.4, -0.2) is 39.1 Å². The van der Waals surface area contributed by atoms with Crippen molar-refractivity contribution in [2.24, 2.45) is 5.41 Å². The van der Waals surface area contributed by atoms with Crippen LogP contribution >= 0.6 is 0 Å². The molecule has 0 bridgehead atoms. The Hall–Kier alpha value is -2.24. The fourth-order valence-corrected chi connectivity index (χ4v) is 1.88. The molecule has 0 saturated carbocycles. The largest absolute Gasteiger partial charge is 0.493 e. The maximum absolute atomic E-state index is 11.9. The number of nitrogens with one attached hydrogen (secondary N) is 2. The lowest BCUT2D eigenvalue weighted by Gasteiger charge is -2.17. The highest BCUT2D eigenvalue weighted by Crippen LogP contribution is 2.27. The normalized spacial score (nSPS) is 10.8. The zero-order valence-corrected chi connectivity index (χ0v) is 14.5. The van der Waals surface area contributed by atoms with E-state index in [1.165, 1.54) is 0 Å². The maximum Gasteiger partial charge on any atom is 0.225 e. The monoisotopic (exact) mass is 322 g/mol. The van der Waals surface area contributed by atoms with Crippen LogP contribution in [0, 0.1) is 5.41 Å². The highest BCUT2D eigenvalue weighted by atomic mass is 16.5. The van der Waals surface area contributed by atoms with Gasteiger partial charge in [-0.15, -0.1) is 0 Å². The first-order valence-electron chi connectivity index (χ1n) is 7.54. The molecular weight excluding hydrogens is 296 g/mol. The van der Waals surface area contributed by atoms with Gasteiger partial charge in [-0.2, -0.15) is 0 Å². The van der Waals surface area contributed by atoms with E-state index in [0.29, 0.717) is 24.6 Å². The van der Waals surface area contributed by atoms with Crippen LogP contribution in [0.4, 0.5) is 0 Å². The second-order valence-corrected chi connectivity index (χ2v) is 6.22. The summed E-state index contributed by atoms with van der Waals surface area (Å²) in [5.41, 5.74) is 0.405. The average Bonchev–Trinajstić information content (AvgIpc) is 2.50. The third-order valence-electron chi connectivity index (χ3n) is 3.23. The minimum Gasteiger partial charge on any atom is -0.493 e. The van der Waals surface area contributed by atoms with Crippen molar-refractivity contribution < 1.29 is 19.1 Å². The molecule has 6 nitrogen and oxygen atoms in total. The molecular formula is C17H26N2O4. The molecule has 0 saturated heterocycles. The number of benzene rings is 1. The minimum atomic E-state index is -0.427. The summed E-state index contributed by atoms with van der Waals surface area (Å²) in [6.07, 6.45) is 0.244. The lowest BCUT2D eigenvalue weighted by Crippen LogP contribution is -2.40. The molecule has 2 amide bonds. The van der Waals surface area contributed by atoms with Crippen molar-refractivity contribution >= 4 is 11.8 Å². The second-order valence-electron chi connectivity index (χ2n) is 6.22. The molecule has 0 aliphatic carbocycles. The van der Waals surface area contributed by atoms with Crippen molar-refractivity contribution in [2.75, 3.05) is 27.3 Å². The third kappa shape index (κ3) is 6.18. The maximum atomic E-state index is 11.9. The molecule has 23 heavy (non-hydrogen) atoms. The molecule has 0 fully saturated rings. The van der Waals surface area contributed by atoms with Gasteiger partial charge in [-0.3, -0.25) is 9.59 Å². The van der Waals surface area contributed by atoms with Crippen LogP contribution in [0.2, 0.25) is 0 Å². The van der Waals surface area contributed by atoms with E-state index in [9.17, 15) is 9.59 Å². The Morgan fingerprint density at radius 2 is 1.61 bits per heavy atom. The summed E-state index contributed by atoms with van der Waals surface area (Å²) in [5, 5.41) is 5.56. The van der Waals surface area contributed by atoms with E-state index in [1.807, 2.05) is 26.8 Å². The lowest BCUT2D eigenvalue weighted by molar-refractivity contribution is -0.128. The molecule has 0 unspecified atom stereocenters. The zero-order chi connectivity index (χ0) is 17.5. The molecule has 6 heteroatoms. The summed E-state index contributed by atoms with van der Waals surface area (Å²) in [6.45, 7) is 6.34. The van der Waals surface area contributed by atoms with E-state index < -0.39 is 5.41 Å². The third-order valence-corrected chi connectivity index (χ3v) is 3.23. The van der Waals surface area contributed by atoms with Gasteiger partial charge >= 0.3 is 0 Å². The average molecular weight is 322 g/mol. The van der Waals surface area contributed by atoms with Gasteiger partial charge in [0.1, 0.15) is 0 Å². The smallest absolute Gasteiger partial charge is 0.225 e. The summed E-state index contributed by atoms with van der Waals surface area (Å²) in [6, 6.07) is 5.37. The van der Waals surface area contributed by atoms with Gasteiger partial charge in [-0.05, 0) is 17.7 Å². The number of rotatable bonds is 7. The van der Waals surface area contributed by atoms with E-state index in [2.05, 4.69) is 10.6 Å². The van der Waals surface area contributed by atoms with Crippen LogP contribution in [0.1, 0.15) is 26.3 Å². The summed E-state index contributed by atoms with van der Waals surface area (Å²) in [4.78, 5) is 23.6. The quantitative estimate of drug-likeness (QED) is 0.746. The lowest BCUT2D eigenvalue weighted by atomic mass is 9.96. The van der Waals surface area contributed by atoms with Gasteiger partial charge in [0.25, 0.3) is 0 Å². The highest BCUT2D eigenvalue weighted by Gasteiger charge is 2.20. The van der Waals surface area contributed by atoms with Crippen LogP contribution in [-0.2, 0) is 16.0 Å². The van der Waals surface area contributed by atoms with E-state index in [1.54, 1.807) is 26.4 Å². The van der Waals surface area contributed by atoms with Gasteiger partial charge in [-0.25, -0.2) is 0 Å². The molecule has 0 heterocycles. The highest BCUT2D eigenvalue weighted by molar-refractivity contribution is 5.81. The number of amides is 2. The van der Waals surface area contributed by atoms with E-state index in [4.69, 9.17) is 9.47 Å². The van der Waals surface area contributed by atoms with Crippen molar-refractivity contribution in [1.82, 2.24) is 10.6 Å². The molecule has 1 aromatic carbocycles. The van der Waals surface area contributed by atoms with Crippen LogP contribution in [0.3, 0.4) is 0 Å². The molecule has 0 aliphatic rings. The van der Waals surface area contributed by atoms with Gasteiger partial charge in [0.05, 0.1) is 20.6 Å². The zero-order valence-electron chi connectivity index (χ0n) is 14.5. The topological polar surface area (TPSA) is 76.7 Å². The number of methoxy groups -OCH3 is 2. The van der Waals surface area contributed by atoms with Gasteiger partial charge in [0.2, 0.25) is 11.8 Å². The fraction of sp³-hybridized carbons (Fsp3) is 0.529. The summed E-state index contributed by atoms with van der Waals surface area (Å²) in [5.74, 6) is 1.07. The van der Waals surface area contributed by atoms with Crippen LogP contribution in [0.5, 0.6) is 11.5 Å². The molecule has 1 rings (SSSR count). The van der Waals surface area contributed by atoms with Gasteiger partial charge < -0.3 is 20.1 Å².